The molecule has 0 radical (unpaired) electrons. The summed E-state index contributed by atoms with van der Waals surface area (Å²) in [7, 11) is 0. The van der Waals surface area contributed by atoms with Crippen molar-refractivity contribution >= 4 is 6.21 Å². The highest BCUT2D eigenvalue weighted by Crippen LogP contribution is 2.06. The summed E-state index contributed by atoms with van der Waals surface area (Å²) in [5.74, 6) is 0. The standard InChI is InChI=1S/C11H15N/c1-5-8-10(4)11(6-2)9-12-7-3/h5-9H,1,3H2,2,4H3/b10-8-,11-6-,12-9?. The van der Waals surface area contributed by atoms with E-state index in [-0.39, 0.29) is 0 Å². The molecule has 0 bridgehead atoms. The maximum Gasteiger partial charge on any atom is 0.0339 e. The molecule has 0 amide bonds. The molecule has 0 aromatic rings. The summed E-state index contributed by atoms with van der Waals surface area (Å²) in [5.41, 5.74) is 2.24. The van der Waals surface area contributed by atoms with Gasteiger partial charge in [0.25, 0.3) is 0 Å². The molecule has 0 aliphatic carbocycles. The summed E-state index contributed by atoms with van der Waals surface area (Å²) in [6, 6.07) is 0. The van der Waals surface area contributed by atoms with Crippen LogP contribution in [0.5, 0.6) is 0 Å². The second-order valence-corrected chi connectivity index (χ2v) is 2.29. The number of hydrogen-bond acceptors (Lipinski definition) is 1. The van der Waals surface area contributed by atoms with Crippen molar-refractivity contribution in [3.8, 4) is 0 Å². The first-order chi connectivity index (χ1) is 5.76. The molecule has 0 saturated carbocycles. The van der Waals surface area contributed by atoms with Crippen molar-refractivity contribution in [1.29, 1.82) is 0 Å². The predicted molar refractivity (Wildman–Crippen MR) is 56.4 cm³/mol. The fourth-order valence-electron chi connectivity index (χ4n) is 0.810. The second kappa shape index (κ2) is 6.35. The Morgan fingerprint density at radius 1 is 1.33 bits per heavy atom. The lowest BCUT2D eigenvalue weighted by atomic mass is 10.1. The van der Waals surface area contributed by atoms with Crippen LogP contribution in [0.4, 0.5) is 0 Å². The van der Waals surface area contributed by atoms with Crippen LogP contribution in [-0.4, -0.2) is 6.21 Å². The molecule has 0 aromatic heterocycles. The molecule has 0 aromatic carbocycles. The van der Waals surface area contributed by atoms with Crippen LogP contribution in [0.1, 0.15) is 13.8 Å². The molecule has 0 N–H and O–H groups in total. The van der Waals surface area contributed by atoms with E-state index in [1.54, 1.807) is 12.3 Å². The number of nitrogens with zero attached hydrogens (tertiary/aromatic N) is 1. The monoisotopic (exact) mass is 161 g/mol. The van der Waals surface area contributed by atoms with Crippen molar-refractivity contribution in [2.75, 3.05) is 0 Å². The van der Waals surface area contributed by atoms with Gasteiger partial charge in [-0.2, -0.15) is 0 Å². The number of rotatable bonds is 4. The Labute approximate surface area is 74.5 Å². The van der Waals surface area contributed by atoms with Crippen molar-refractivity contribution in [2.45, 2.75) is 13.8 Å². The van der Waals surface area contributed by atoms with E-state index >= 15 is 0 Å². The Kier molecular flexibility index (Phi) is 5.62. The zero-order valence-electron chi connectivity index (χ0n) is 7.75. The predicted octanol–water partition coefficient (Wildman–Crippen LogP) is 3.28. The summed E-state index contributed by atoms with van der Waals surface area (Å²) in [5, 5.41) is 0. The average Bonchev–Trinajstić information content (AvgIpc) is 2.06. The molecule has 0 heterocycles. The lowest BCUT2D eigenvalue weighted by Crippen LogP contribution is -1.85. The first-order valence-corrected chi connectivity index (χ1v) is 3.86. The Balaban J connectivity index is 4.57. The van der Waals surface area contributed by atoms with Gasteiger partial charge in [-0.15, -0.1) is 0 Å². The van der Waals surface area contributed by atoms with Crippen LogP contribution in [0.2, 0.25) is 0 Å². The van der Waals surface area contributed by atoms with Crippen LogP contribution in [0, 0.1) is 0 Å². The molecule has 0 atom stereocenters. The van der Waals surface area contributed by atoms with E-state index in [0.717, 1.165) is 11.1 Å². The van der Waals surface area contributed by atoms with Crippen LogP contribution in [0.15, 0.2) is 53.7 Å². The van der Waals surface area contributed by atoms with Gasteiger partial charge in [0.15, 0.2) is 0 Å². The maximum absolute atomic E-state index is 3.94. The molecule has 0 aliphatic heterocycles. The fraction of sp³-hybridized carbons (Fsp3) is 0.182. The fourth-order valence-corrected chi connectivity index (χ4v) is 0.810. The van der Waals surface area contributed by atoms with Crippen LogP contribution < -0.4 is 0 Å². The minimum absolute atomic E-state index is 1.09. The van der Waals surface area contributed by atoms with Crippen molar-refractivity contribution in [3.05, 3.63) is 48.7 Å². The molecular weight excluding hydrogens is 146 g/mol. The molecule has 0 aliphatic rings. The quantitative estimate of drug-likeness (QED) is 0.443. The maximum atomic E-state index is 3.94. The molecule has 0 fully saturated rings. The minimum Gasteiger partial charge on any atom is -0.265 e. The third-order valence-electron chi connectivity index (χ3n) is 1.45. The largest absolute Gasteiger partial charge is 0.265 e. The molecule has 64 valence electrons. The Bertz CT molecular complexity index is 242. The van der Waals surface area contributed by atoms with Gasteiger partial charge >= 0.3 is 0 Å². The number of allylic oxidation sites excluding steroid dienone is 5. The highest BCUT2D eigenvalue weighted by molar-refractivity contribution is 5.84. The summed E-state index contributed by atoms with van der Waals surface area (Å²) in [4.78, 5) is 3.94. The Morgan fingerprint density at radius 2 is 2.00 bits per heavy atom. The SMILES string of the molecule is C=C/C=C(C)\C(C=NC=C)=C/C. The van der Waals surface area contributed by atoms with Crippen LogP contribution in [0.25, 0.3) is 0 Å². The number of hydrogen-bond donors (Lipinski definition) is 0. The third-order valence-corrected chi connectivity index (χ3v) is 1.45. The lowest BCUT2D eigenvalue weighted by molar-refractivity contribution is 1.44. The van der Waals surface area contributed by atoms with Gasteiger partial charge < -0.3 is 0 Å². The van der Waals surface area contributed by atoms with Gasteiger partial charge in [0, 0.05) is 12.4 Å². The summed E-state index contributed by atoms with van der Waals surface area (Å²) in [6.07, 6.45) is 9.01. The van der Waals surface area contributed by atoms with E-state index in [2.05, 4.69) is 18.2 Å². The summed E-state index contributed by atoms with van der Waals surface area (Å²) < 4.78 is 0. The van der Waals surface area contributed by atoms with Crippen LogP contribution in [-0.2, 0) is 0 Å². The van der Waals surface area contributed by atoms with Gasteiger partial charge in [-0.05, 0) is 25.0 Å². The van der Waals surface area contributed by atoms with E-state index < -0.39 is 0 Å². The van der Waals surface area contributed by atoms with Gasteiger partial charge in [-0.1, -0.05) is 31.4 Å². The molecule has 0 unspecified atom stereocenters. The van der Waals surface area contributed by atoms with Crippen LogP contribution in [0.3, 0.4) is 0 Å². The minimum atomic E-state index is 1.09. The topological polar surface area (TPSA) is 12.4 Å². The highest BCUT2D eigenvalue weighted by Gasteiger charge is 1.91. The first-order valence-electron chi connectivity index (χ1n) is 3.86. The normalized spacial score (nSPS) is 13.5. The zero-order valence-corrected chi connectivity index (χ0v) is 7.75. The zero-order chi connectivity index (χ0) is 9.40. The Morgan fingerprint density at radius 3 is 2.42 bits per heavy atom. The van der Waals surface area contributed by atoms with Crippen molar-refractivity contribution in [3.63, 3.8) is 0 Å². The average molecular weight is 161 g/mol. The van der Waals surface area contributed by atoms with Gasteiger partial charge in [-0.25, -0.2) is 0 Å². The molecule has 1 nitrogen and oxygen atoms in total. The van der Waals surface area contributed by atoms with Crippen molar-refractivity contribution < 1.29 is 0 Å². The lowest BCUT2D eigenvalue weighted by Gasteiger charge is -1.97. The van der Waals surface area contributed by atoms with E-state index in [9.17, 15) is 0 Å². The van der Waals surface area contributed by atoms with Crippen molar-refractivity contribution in [1.82, 2.24) is 0 Å². The third kappa shape index (κ3) is 3.71. The Hall–Kier alpha value is -1.37. The molecule has 0 rings (SSSR count). The van der Waals surface area contributed by atoms with E-state index in [1.165, 1.54) is 6.20 Å². The molecule has 0 spiro atoms. The number of aliphatic imine (C=N–C) groups is 1. The molecule has 12 heavy (non-hydrogen) atoms. The molecule has 0 saturated heterocycles. The van der Waals surface area contributed by atoms with Crippen LogP contribution >= 0.6 is 0 Å². The van der Waals surface area contributed by atoms with Gasteiger partial charge in [0.05, 0.1) is 0 Å². The van der Waals surface area contributed by atoms with Gasteiger partial charge in [0.1, 0.15) is 0 Å². The highest BCUT2D eigenvalue weighted by atomic mass is 14.7. The van der Waals surface area contributed by atoms with Gasteiger partial charge in [0.2, 0.25) is 0 Å². The smallest absolute Gasteiger partial charge is 0.0339 e. The van der Waals surface area contributed by atoms with Gasteiger partial charge in [-0.3, -0.25) is 4.99 Å². The first kappa shape index (κ1) is 10.6. The second-order valence-electron chi connectivity index (χ2n) is 2.29. The van der Waals surface area contributed by atoms with E-state index in [4.69, 9.17) is 0 Å². The van der Waals surface area contributed by atoms with E-state index in [1.807, 2.05) is 26.0 Å². The van der Waals surface area contributed by atoms with E-state index in [0.29, 0.717) is 0 Å². The molecular formula is C11H15N. The molecule has 1 heteroatoms. The van der Waals surface area contributed by atoms with Crippen molar-refractivity contribution in [2.24, 2.45) is 4.99 Å². The summed E-state index contributed by atoms with van der Waals surface area (Å²) >= 11 is 0. The summed E-state index contributed by atoms with van der Waals surface area (Å²) in [6.45, 7) is 11.1.